The Hall–Kier alpha value is -1.46. The maximum Gasteiger partial charge on any atom is 0.155 e. The zero-order valence-corrected chi connectivity index (χ0v) is 12.7. The van der Waals surface area contributed by atoms with Crippen molar-refractivity contribution in [3.8, 4) is 0 Å². The quantitative estimate of drug-likeness (QED) is 0.658. The number of thioether (sulfide) groups is 1. The minimum atomic E-state index is -3.06. The number of hydrogen-bond acceptors (Lipinski definition) is 4. The molecule has 0 aliphatic rings. The van der Waals surface area contributed by atoms with E-state index in [1.54, 1.807) is 0 Å². The Kier molecular flexibility index (Phi) is 5.09. The largest absolute Gasteiger partial charge is 0.399 e. The Morgan fingerprint density at radius 2 is 1.60 bits per heavy atom. The third-order valence-corrected chi connectivity index (χ3v) is 5.64. The van der Waals surface area contributed by atoms with E-state index in [1.807, 2.05) is 54.6 Å². The van der Waals surface area contributed by atoms with E-state index in [0.29, 0.717) is 11.4 Å². The van der Waals surface area contributed by atoms with Crippen molar-refractivity contribution in [3.05, 3.63) is 60.2 Å². The first-order valence-electron chi connectivity index (χ1n) is 6.28. The van der Waals surface area contributed by atoms with E-state index in [4.69, 9.17) is 5.73 Å². The van der Waals surface area contributed by atoms with Gasteiger partial charge in [-0.3, -0.25) is 0 Å². The summed E-state index contributed by atoms with van der Waals surface area (Å²) in [6.45, 7) is 0. The van der Waals surface area contributed by atoms with Crippen LogP contribution < -0.4 is 5.73 Å². The highest BCUT2D eigenvalue weighted by Gasteiger charge is 2.11. The Morgan fingerprint density at radius 3 is 2.25 bits per heavy atom. The zero-order chi connectivity index (χ0) is 14.4. The molecule has 0 aromatic heterocycles. The highest BCUT2D eigenvalue weighted by atomic mass is 32.2. The molecule has 5 heteroatoms. The normalized spacial score (nSPS) is 11.4. The molecule has 2 aromatic rings. The molecule has 106 valence electrons. The standard InChI is InChI=1S/C15H17NO2S2/c16-14-6-8-15(9-7-14)19-10-11-20(17,18)12-13-4-2-1-3-5-13/h1-9H,10-12,16H2. The molecule has 0 radical (unpaired) electrons. The number of nitrogens with two attached hydrogens (primary N) is 1. The number of anilines is 1. The van der Waals surface area contributed by atoms with Crippen molar-refractivity contribution >= 4 is 27.3 Å². The van der Waals surface area contributed by atoms with Gasteiger partial charge in [0.25, 0.3) is 0 Å². The fourth-order valence-corrected chi connectivity index (χ4v) is 4.51. The molecule has 0 atom stereocenters. The first-order chi connectivity index (χ1) is 9.55. The number of nitrogen functional groups attached to an aromatic ring is 1. The van der Waals surface area contributed by atoms with Crippen LogP contribution in [0.1, 0.15) is 5.56 Å². The van der Waals surface area contributed by atoms with Crippen LogP contribution in [-0.4, -0.2) is 19.9 Å². The number of benzene rings is 2. The lowest BCUT2D eigenvalue weighted by atomic mass is 10.2. The Bertz CT molecular complexity index is 637. The van der Waals surface area contributed by atoms with Crippen molar-refractivity contribution < 1.29 is 8.42 Å². The van der Waals surface area contributed by atoms with E-state index in [0.717, 1.165) is 10.5 Å². The Morgan fingerprint density at radius 1 is 0.950 bits per heavy atom. The molecule has 3 nitrogen and oxygen atoms in total. The molecular weight excluding hydrogens is 290 g/mol. The van der Waals surface area contributed by atoms with E-state index >= 15 is 0 Å². The zero-order valence-electron chi connectivity index (χ0n) is 11.0. The second kappa shape index (κ2) is 6.81. The SMILES string of the molecule is Nc1ccc(SCCS(=O)(=O)Cc2ccccc2)cc1. The summed E-state index contributed by atoms with van der Waals surface area (Å²) in [7, 11) is -3.06. The average Bonchev–Trinajstić information content (AvgIpc) is 2.41. The number of rotatable bonds is 6. The summed E-state index contributed by atoms with van der Waals surface area (Å²) in [5.41, 5.74) is 7.16. The van der Waals surface area contributed by atoms with Crippen LogP contribution in [0.15, 0.2) is 59.5 Å². The van der Waals surface area contributed by atoms with Crippen LogP contribution in [-0.2, 0) is 15.6 Å². The highest BCUT2D eigenvalue weighted by molar-refractivity contribution is 8.00. The van der Waals surface area contributed by atoms with Crippen LogP contribution in [0.25, 0.3) is 0 Å². The fourth-order valence-electron chi connectivity index (χ4n) is 1.75. The van der Waals surface area contributed by atoms with Crippen molar-refractivity contribution in [1.82, 2.24) is 0 Å². The molecule has 20 heavy (non-hydrogen) atoms. The third-order valence-electron chi connectivity index (χ3n) is 2.77. The minimum Gasteiger partial charge on any atom is -0.399 e. The van der Waals surface area contributed by atoms with Gasteiger partial charge in [0.15, 0.2) is 9.84 Å². The maximum atomic E-state index is 12.0. The minimum absolute atomic E-state index is 0.107. The summed E-state index contributed by atoms with van der Waals surface area (Å²) in [4.78, 5) is 1.04. The summed E-state index contributed by atoms with van der Waals surface area (Å²) in [5, 5.41) is 0. The Labute approximate surface area is 124 Å². The summed E-state index contributed by atoms with van der Waals surface area (Å²) in [6.07, 6.45) is 0. The van der Waals surface area contributed by atoms with Gasteiger partial charge in [-0.2, -0.15) is 0 Å². The van der Waals surface area contributed by atoms with Crippen LogP contribution in [0.2, 0.25) is 0 Å². The average molecular weight is 307 g/mol. The van der Waals surface area contributed by atoms with Crippen LogP contribution in [0, 0.1) is 0 Å². The highest BCUT2D eigenvalue weighted by Crippen LogP contribution is 2.20. The molecule has 0 heterocycles. The van der Waals surface area contributed by atoms with Gasteiger partial charge in [-0.15, -0.1) is 11.8 Å². The van der Waals surface area contributed by atoms with E-state index in [2.05, 4.69) is 0 Å². The fraction of sp³-hybridized carbons (Fsp3) is 0.200. The molecule has 0 unspecified atom stereocenters. The smallest absolute Gasteiger partial charge is 0.155 e. The molecule has 0 aliphatic heterocycles. The van der Waals surface area contributed by atoms with E-state index in [1.165, 1.54) is 11.8 Å². The maximum absolute atomic E-state index is 12.0. The summed E-state index contributed by atoms with van der Waals surface area (Å²) >= 11 is 1.53. The molecular formula is C15H17NO2S2. The van der Waals surface area contributed by atoms with Gasteiger partial charge in [-0.1, -0.05) is 30.3 Å². The van der Waals surface area contributed by atoms with Gasteiger partial charge in [-0.05, 0) is 29.8 Å². The van der Waals surface area contributed by atoms with Crippen molar-refractivity contribution in [2.75, 3.05) is 17.2 Å². The first-order valence-corrected chi connectivity index (χ1v) is 9.08. The summed E-state index contributed by atoms with van der Waals surface area (Å²) < 4.78 is 24.0. The first kappa shape index (κ1) is 14.9. The van der Waals surface area contributed by atoms with Crippen LogP contribution in [0.5, 0.6) is 0 Å². The number of hydrogen-bond donors (Lipinski definition) is 1. The molecule has 0 spiro atoms. The van der Waals surface area contributed by atoms with E-state index < -0.39 is 9.84 Å². The van der Waals surface area contributed by atoms with Crippen molar-refractivity contribution in [3.63, 3.8) is 0 Å². The molecule has 0 aliphatic carbocycles. The van der Waals surface area contributed by atoms with Gasteiger partial charge < -0.3 is 5.73 Å². The third kappa shape index (κ3) is 4.90. The molecule has 0 fully saturated rings. The molecule has 2 N–H and O–H groups in total. The van der Waals surface area contributed by atoms with Crippen molar-refractivity contribution in [1.29, 1.82) is 0 Å². The van der Waals surface area contributed by atoms with Crippen molar-refractivity contribution in [2.24, 2.45) is 0 Å². The monoisotopic (exact) mass is 307 g/mol. The van der Waals surface area contributed by atoms with Gasteiger partial charge in [-0.25, -0.2) is 8.42 Å². The van der Waals surface area contributed by atoms with Crippen LogP contribution in [0.4, 0.5) is 5.69 Å². The lowest BCUT2D eigenvalue weighted by Crippen LogP contribution is -2.11. The topological polar surface area (TPSA) is 60.2 Å². The van der Waals surface area contributed by atoms with Gasteiger partial charge in [0.1, 0.15) is 0 Å². The number of sulfone groups is 1. The molecule has 2 rings (SSSR count). The van der Waals surface area contributed by atoms with Gasteiger partial charge >= 0.3 is 0 Å². The molecule has 0 saturated heterocycles. The predicted octanol–water partition coefficient (Wildman–Crippen LogP) is 2.98. The molecule has 0 bridgehead atoms. The predicted molar refractivity (Wildman–Crippen MR) is 85.5 cm³/mol. The molecule has 2 aromatic carbocycles. The second-order valence-electron chi connectivity index (χ2n) is 4.50. The van der Waals surface area contributed by atoms with Gasteiger partial charge in [0.2, 0.25) is 0 Å². The summed E-state index contributed by atoms with van der Waals surface area (Å²) in [6, 6.07) is 16.7. The van der Waals surface area contributed by atoms with Gasteiger partial charge in [0, 0.05) is 16.3 Å². The van der Waals surface area contributed by atoms with E-state index in [-0.39, 0.29) is 11.5 Å². The second-order valence-corrected chi connectivity index (χ2v) is 7.85. The Balaban J connectivity index is 1.85. The summed E-state index contributed by atoms with van der Waals surface area (Å²) in [5.74, 6) is 0.839. The van der Waals surface area contributed by atoms with Crippen LogP contribution in [0.3, 0.4) is 0 Å². The van der Waals surface area contributed by atoms with Crippen LogP contribution >= 0.6 is 11.8 Å². The lowest BCUT2D eigenvalue weighted by Gasteiger charge is -2.05. The van der Waals surface area contributed by atoms with Gasteiger partial charge in [0.05, 0.1) is 11.5 Å². The molecule has 0 amide bonds. The van der Waals surface area contributed by atoms with E-state index in [9.17, 15) is 8.42 Å². The van der Waals surface area contributed by atoms with Crippen molar-refractivity contribution in [2.45, 2.75) is 10.6 Å². The molecule has 0 saturated carbocycles. The lowest BCUT2D eigenvalue weighted by molar-refractivity contribution is 0.597.